The molecular formula is C12H11ClN2OS. The number of allylic oxidation sites excluding steroid dienone is 1. The van der Waals surface area contributed by atoms with E-state index in [2.05, 4.69) is 5.10 Å². The van der Waals surface area contributed by atoms with Crippen molar-refractivity contribution in [3.8, 4) is 0 Å². The first kappa shape index (κ1) is 12.1. The quantitative estimate of drug-likeness (QED) is 0.631. The number of carbonyl (C=O) groups is 1. The van der Waals surface area contributed by atoms with Crippen molar-refractivity contribution < 1.29 is 4.79 Å². The maximum absolute atomic E-state index is 11.8. The molecule has 2 aromatic rings. The van der Waals surface area contributed by atoms with Gasteiger partial charge in [-0.2, -0.15) is 5.10 Å². The van der Waals surface area contributed by atoms with Crippen LogP contribution in [-0.2, 0) is 7.05 Å². The number of thiophene rings is 1. The second-order valence-electron chi connectivity index (χ2n) is 3.64. The average molecular weight is 267 g/mol. The van der Waals surface area contributed by atoms with Crippen LogP contribution in [0.4, 0.5) is 0 Å². The van der Waals surface area contributed by atoms with Crippen LogP contribution in [0.25, 0.3) is 6.08 Å². The Morgan fingerprint density at radius 2 is 2.29 bits per heavy atom. The molecule has 0 spiro atoms. The van der Waals surface area contributed by atoms with Crippen LogP contribution in [0.3, 0.4) is 0 Å². The van der Waals surface area contributed by atoms with E-state index in [0.29, 0.717) is 9.21 Å². The lowest BCUT2D eigenvalue weighted by molar-refractivity contribution is 0.105. The third kappa shape index (κ3) is 2.84. The first-order valence-electron chi connectivity index (χ1n) is 5.04. The summed E-state index contributed by atoms with van der Waals surface area (Å²) >= 11 is 7.06. The van der Waals surface area contributed by atoms with E-state index in [1.165, 1.54) is 11.3 Å². The van der Waals surface area contributed by atoms with Gasteiger partial charge in [-0.05, 0) is 31.2 Å². The summed E-state index contributed by atoms with van der Waals surface area (Å²) in [5.41, 5.74) is 1.85. The Kier molecular flexibility index (Phi) is 3.45. The van der Waals surface area contributed by atoms with E-state index >= 15 is 0 Å². The largest absolute Gasteiger partial charge is 0.288 e. The monoisotopic (exact) mass is 266 g/mol. The van der Waals surface area contributed by atoms with Crippen LogP contribution in [-0.4, -0.2) is 15.6 Å². The van der Waals surface area contributed by atoms with E-state index in [4.69, 9.17) is 11.6 Å². The Balaban J connectivity index is 2.16. The van der Waals surface area contributed by atoms with Crippen molar-refractivity contribution in [2.24, 2.45) is 7.05 Å². The van der Waals surface area contributed by atoms with Gasteiger partial charge in [0.2, 0.25) is 0 Å². The zero-order valence-corrected chi connectivity index (χ0v) is 11.0. The fraction of sp³-hybridized carbons (Fsp3) is 0.167. The SMILES string of the molecule is Cc1nn(C)cc1C=CC(=O)c1ccc(Cl)s1. The van der Waals surface area contributed by atoms with Crippen LogP contribution in [0.5, 0.6) is 0 Å². The Morgan fingerprint density at radius 1 is 1.53 bits per heavy atom. The highest BCUT2D eigenvalue weighted by Gasteiger charge is 2.05. The molecule has 2 heterocycles. The zero-order chi connectivity index (χ0) is 12.4. The molecule has 0 atom stereocenters. The van der Waals surface area contributed by atoms with Gasteiger partial charge in [-0.25, -0.2) is 0 Å². The molecule has 88 valence electrons. The van der Waals surface area contributed by atoms with Gasteiger partial charge < -0.3 is 0 Å². The summed E-state index contributed by atoms with van der Waals surface area (Å²) in [5.74, 6) is -0.0369. The van der Waals surface area contributed by atoms with Crippen LogP contribution >= 0.6 is 22.9 Å². The van der Waals surface area contributed by atoms with E-state index in [0.717, 1.165) is 11.3 Å². The molecule has 2 rings (SSSR count). The molecule has 0 aliphatic rings. The molecule has 0 unspecified atom stereocenters. The van der Waals surface area contributed by atoms with Gasteiger partial charge in [-0.1, -0.05) is 11.6 Å². The Hall–Kier alpha value is -1.39. The maximum Gasteiger partial charge on any atom is 0.195 e. The molecule has 0 saturated heterocycles. The molecule has 2 aromatic heterocycles. The summed E-state index contributed by atoms with van der Waals surface area (Å²) in [7, 11) is 1.85. The summed E-state index contributed by atoms with van der Waals surface area (Å²) in [5, 5.41) is 4.20. The number of aromatic nitrogens is 2. The van der Waals surface area contributed by atoms with E-state index < -0.39 is 0 Å². The number of halogens is 1. The molecule has 0 radical (unpaired) electrons. The summed E-state index contributed by atoms with van der Waals surface area (Å²) < 4.78 is 2.35. The number of rotatable bonds is 3. The summed E-state index contributed by atoms with van der Waals surface area (Å²) in [6.45, 7) is 1.91. The Labute approximate surface area is 108 Å². The van der Waals surface area contributed by atoms with Crippen LogP contribution in [0, 0.1) is 6.92 Å². The van der Waals surface area contributed by atoms with E-state index in [9.17, 15) is 4.79 Å². The van der Waals surface area contributed by atoms with Crippen molar-refractivity contribution in [1.29, 1.82) is 0 Å². The van der Waals surface area contributed by atoms with Gasteiger partial charge in [-0.15, -0.1) is 11.3 Å². The molecule has 0 N–H and O–H groups in total. The Bertz CT molecular complexity index is 583. The smallest absolute Gasteiger partial charge is 0.195 e. The number of hydrogen-bond donors (Lipinski definition) is 0. The first-order chi connectivity index (χ1) is 8.06. The molecule has 3 nitrogen and oxygen atoms in total. The molecule has 5 heteroatoms. The number of nitrogens with zero attached hydrogens (tertiary/aromatic N) is 2. The van der Waals surface area contributed by atoms with E-state index in [1.807, 2.05) is 20.2 Å². The molecular weight excluding hydrogens is 256 g/mol. The molecule has 0 bridgehead atoms. The minimum absolute atomic E-state index is 0.0369. The topological polar surface area (TPSA) is 34.9 Å². The fourth-order valence-electron chi connectivity index (χ4n) is 1.48. The molecule has 0 aliphatic heterocycles. The van der Waals surface area contributed by atoms with Crippen molar-refractivity contribution in [3.05, 3.63) is 44.9 Å². The average Bonchev–Trinajstić information content (AvgIpc) is 2.82. The highest BCUT2D eigenvalue weighted by molar-refractivity contribution is 7.18. The van der Waals surface area contributed by atoms with Gasteiger partial charge in [0.05, 0.1) is 14.9 Å². The number of carbonyl (C=O) groups excluding carboxylic acids is 1. The van der Waals surface area contributed by atoms with Crippen molar-refractivity contribution >= 4 is 34.8 Å². The first-order valence-corrected chi connectivity index (χ1v) is 6.23. The highest BCUT2D eigenvalue weighted by atomic mass is 35.5. The summed E-state index contributed by atoms with van der Waals surface area (Å²) in [6.07, 6.45) is 5.20. The molecule has 0 fully saturated rings. The van der Waals surface area contributed by atoms with Gasteiger partial charge >= 0.3 is 0 Å². The predicted molar refractivity (Wildman–Crippen MR) is 70.6 cm³/mol. The molecule has 0 saturated carbocycles. The predicted octanol–water partition coefficient (Wildman–Crippen LogP) is 3.34. The van der Waals surface area contributed by atoms with Gasteiger partial charge in [0.1, 0.15) is 0 Å². The van der Waals surface area contributed by atoms with Gasteiger partial charge in [0.25, 0.3) is 0 Å². The molecule has 0 amide bonds. The molecule has 17 heavy (non-hydrogen) atoms. The Morgan fingerprint density at radius 3 is 2.82 bits per heavy atom. The van der Waals surface area contributed by atoms with Crippen LogP contribution < -0.4 is 0 Å². The second-order valence-corrected chi connectivity index (χ2v) is 5.36. The minimum Gasteiger partial charge on any atom is -0.288 e. The fourth-order valence-corrected chi connectivity index (χ4v) is 2.44. The van der Waals surface area contributed by atoms with Crippen molar-refractivity contribution in [2.75, 3.05) is 0 Å². The van der Waals surface area contributed by atoms with Crippen molar-refractivity contribution in [2.45, 2.75) is 6.92 Å². The molecule has 0 aromatic carbocycles. The van der Waals surface area contributed by atoms with Gasteiger partial charge in [0, 0.05) is 18.8 Å². The lowest BCUT2D eigenvalue weighted by atomic mass is 10.2. The lowest BCUT2D eigenvalue weighted by Gasteiger charge is -1.88. The van der Waals surface area contributed by atoms with Gasteiger partial charge in [-0.3, -0.25) is 9.48 Å². The number of aryl methyl sites for hydroxylation is 2. The van der Waals surface area contributed by atoms with Crippen molar-refractivity contribution in [3.63, 3.8) is 0 Å². The highest BCUT2D eigenvalue weighted by Crippen LogP contribution is 2.22. The summed E-state index contributed by atoms with van der Waals surface area (Å²) in [6, 6.07) is 3.46. The van der Waals surface area contributed by atoms with Crippen LogP contribution in [0.2, 0.25) is 4.34 Å². The van der Waals surface area contributed by atoms with E-state index in [1.54, 1.807) is 29.0 Å². The zero-order valence-electron chi connectivity index (χ0n) is 9.48. The third-order valence-corrected chi connectivity index (χ3v) is 3.53. The number of hydrogen-bond acceptors (Lipinski definition) is 3. The molecule has 0 aliphatic carbocycles. The third-order valence-electron chi connectivity index (χ3n) is 2.28. The van der Waals surface area contributed by atoms with Crippen LogP contribution in [0.1, 0.15) is 20.9 Å². The van der Waals surface area contributed by atoms with Crippen LogP contribution in [0.15, 0.2) is 24.4 Å². The maximum atomic E-state index is 11.8. The normalized spacial score (nSPS) is 11.2. The number of ketones is 1. The second kappa shape index (κ2) is 4.85. The van der Waals surface area contributed by atoms with E-state index in [-0.39, 0.29) is 5.78 Å². The van der Waals surface area contributed by atoms with Gasteiger partial charge in [0.15, 0.2) is 5.78 Å². The minimum atomic E-state index is -0.0369. The standard InChI is InChI=1S/C12H11ClN2OS/c1-8-9(7-15(2)14-8)3-4-10(16)11-5-6-12(13)17-11/h3-7H,1-2H3. The summed E-state index contributed by atoms with van der Waals surface area (Å²) in [4.78, 5) is 12.4. The lowest BCUT2D eigenvalue weighted by Crippen LogP contribution is -1.88. The van der Waals surface area contributed by atoms with Crippen molar-refractivity contribution in [1.82, 2.24) is 9.78 Å².